The molecule has 0 spiro atoms. The molecule has 5 N–H and O–H groups in total. The third-order valence-electron chi connectivity index (χ3n) is 13.6. The first-order valence-corrected chi connectivity index (χ1v) is 25.5. The van der Waals surface area contributed by atoms with Crippen molar-refractivity contribution in [2.45, 2.75) is 125 Å². The molecule has 0 saturated carbocycles. The molecule has 17 nitrogen and oxygen atoms in total. The quantitative estimate of drug-likeness (QED) is 0.0294. The van der Waals surface area contributed by atoms with Crippen LogP contribution in [0.2, 0.25) is 0 Å². The Morgan fingerprint density at radius 3 is 2.30 bits per heavy atom. The summed E-state index contributed by atoms with van der Waals surface area (Å²) in [5, 5.41) is 14.2. The van der Waals surface area contributed by atoms with Gasteiger partial charge >= 0.3 is 5.97 Å². The zero-order chi connectivity index (χ0) is 54.1. The molecule has 5 rings (SSSR count). The molecule has 0 bridgehead atoms. The van der Waals surface area contributed by atoms with Crippen LogP contribution in [0.5, 0.6) is 0 Å². The van der Waals surface area contributed by atoms with Crippen molar-refractivity contribution >= 4 is 70.1 Å². The van der Waals surface area contributed by atoms with Gasteiger partial charge in [-0.05, 0) is 117 Å². The first kappa shape index (κ1) is 57.5. The van der Waals surface area contributed by atoms with Crippen LogP contribution in [0.25, 0.3) is 16.5 Å². The highest BCUT2D eigenvalue weighted by atomic mass is 19.1. The molecule has 0 saturated heterocycles. The number of nitrogens with one attached hydrogen (secondary N) is 5. The summed E-state index contributed by atoms with van der Waals surface area (Å²) in [6, 6.07) is 8.62. The summed E-state index contributed by atoms with van der Waals surface area (Å²) in [5.41, 5.74) is 6.24. The second kappa shape index (κ2) is 27.6. The summed E-state index contributed by atoms with van der Waals surface area (Å²) < 4.78 is 21.1. The van der Waals surface area contributed by atoms with Gasteiger partial charge in [-0.25, -0.2) is 9.37 Å². The molecular formula is C56H70FN7O10. The molecule has 7 amide bonds. The molecule has 1 aliphatic carbocycles. The predicted molar refractivity (Wildman–Crippen MR) is 277 cm³/mol. The number of carbonyl (C=O) groups excluding carboxylic acids is 9. The van der Waals surface area contributed by atoms with Crippen molar-refractivity contribution in [2.75, 3.05) is 32.8 Å². The number of pyridine rings is 1. The lowest BCUT2D eigenvalue weighted by Gasteiger charge is -2.32. The van der Waals surface area contributed by atoms with Crippen LogP contribution in [0.4, 0.5) is 4.39 Å². The molecule has 4 atom stereocenters. The van der Waals surface area contributed by atoms with Gasteiger partial charge in [0.1, 0.15) is 18.5 Å². The minimum Gasteiger partial charge on any atom is -0.460 e. The van der Waals surface area contributed by atoms with Gasteiger partial charge in [-0.3, -0.25) is 48.1 Å². The Labute approximate surface area is 432 Å². The number of benzene rings is 2. The fourth-order valence-electron chi connectivity index (χ4n) is 9.33. The van der Waals surface area contributed by atoms with Crippen LogP contribution < -0.4 is 26.6 Å². The van der Waals surface area contributed by atoms with Gasteiger partial charge in [0, 0.05) is 36.4 Å². The van der Waals surface area contributed by atoms with Crippen molar-refractivity contribution in [2.24, 2.45) is 11.8 Å². The summed E-state index contributed by atoms with van der Waals surface area (Å²) in [6.45, 7) is 11.5. The van der Waals surface area contributed by atoms with Crippen molar-refractivity contribution in [1.82, 2.24) is 36.5 Å². The maximum absolute atomic E-state index is 15.7. The number of esters is 1. The third kappa shape index (κ3) is 15.3. The first-order valence-electron chi connectivity index (χ1n) is 25.5. The van der Waals surface area contributed by atoms with E-state index in [0.29, 0.717) is 84.8 Å². The van der Waals surface area contributed by atoms with Gasteiger partial charge in [0.05, 0.1) is 42.8 Å². The Morgan fingerprint density at radius 2 is 1.62 bits per heavy atom. The van der Waals surface area contributed by atoms with Crippen molar-refractivity contribution < 1.29 is 52.3 Å². The average molecular weight is 1020 g/mol. The lowest BCUT2D eigenvalue weighted by Crippen LogP contribution is -2.52. The molecule has 2 heterocycles. The second-order valence-electron chi connectivity index (χ2n) is 19.0. The Morgan fingerprint density at radius 1 is 0.919 bits per heavy atom. The number of allylic oxidation sites excluding steroid dienone is 3. The normalized spacial score (nSPS) is 16.2. The van der Waals surface area contributed by atoms with Crippen LogP contribution in [-0.4, -0.2) is 102 Å². The summed E-state index contributed by atoms with van der Waals surface area (Å²) in [6.07, 6.45) is 9.45. The molecule has 3 unspecified atom stereocenters. The largest absolute Gasteiger partial charge is 0.460 e. The molecule has 1 aliphatic heterocycles. The van der Waals surface area contributed by atoms with Crippen LogP contribution in [0.1, 0.15) is 126 Å². The van der Waals surface area contributed by atoms with Crippen LogP contribution in [-0.2, 0) is 67.2 Å². The van der Waals surface area contributed by atoms with Gasteiger partial charge in [-0.1, -0.05) is 76.1 Å². The van der Waals surface area contributed by atoms with Gasteiger partial charge in [0.2, 0.25) is 35.9 Å². The number of Topliss-reactive ketones (excluding diaryl/α,β-unsaturated/α-hetero) is 1. The fourth-order valence-corrected chi connectivity index (χ4v) is 9.33. The van der Waals surface area contributed by atoms with Gasteiger partial charge in [0.25, 0.3) is 5.91 Å². The Balaban J connectivity index is 1.28. The monoisotopic (exact) mass is 1020 g/mol. The van der Waals surface area contributed by atoms with E-state index in [1.54, 1.807) is 44.2 Å². The highest BCUT2D eigenvalue weighted by Crippen LogP contribution is 2.43. The number of carbonyl (C=O) groups is 9. The van der Waals surface area contributed by atoms with Gasteiger partial charge in [0.15, 0.2) is 5.78 Å². The first-order chi connectivity index (χ1) is 35.4. The lowest BCUT2D eigenvalue weighted by molar-refractivity contribution is -0.148. The number of hydrogen-bond donors (Lipinski definition) is 5. The number of rotatable bonds is 26. The number of hydrogen-bond acceptors (Lipinski definition) is 11. The molecule has 2 aromatic carbocycles. The van der Waals surface area contributed by atoms with Crippen LogP contribution >= 0.6 is 0 Å². The highest BCUT2D eigenvalue weighted by molar-refractivity contribution is 5.99. The minimum atomic E-state index is -1.15. The fraction of sp³-hybridized carbons (Fsp3) is 0.464. The summed E-state index contributed by atoms with van der Waals surface area (Å²) in [5.74, 6) is -4.85. The van der Waals surface area contributed by atoms with Crippen molar-refractivity contribution in [3.63, 3.8) is 0 Å². The standard InChI is InChI=1S/C56H70FN7O10/c1-8-17-51(71)64(32-65)23-16-12-15-20-47(67)58-28-48(68)59-29-49(69)62-46(26-37-18-13-11-14-19-37)55(72)60-30-50(70)61-44-22-21-39-35(6)43(57)27-45-52(39)53(44)41(24-33(4)9-2)54(63-45)34(5)25-40-38(10-3)56(73)74-31-42(40)36(7)66/h8,11,13-14,17-19,25,27,32-33,38,44,46H,9-10,12,15-16,20-24,26,28-31H2,1-7H3,(H,58,67)(H,59,68)(H,60,72)(H,61,70)(H,62,69)/b17-8-,34-25+/t33?,38?,44?,46-/m0/s1. The van der Waals surface area contributed by atoms with Crippen LogP contribution in [0.15, 0.2) is 65.8 Å². The summed E-state index contributed by atoms with van der Waals surface area (Å²) in [7, 11) is 0. The van der Waals surface area contributed by atoms with E-state index in [2.05, 4.69) is 40.4 Å². The van der Waals surface area contributed by atoms with E-state index >= 15 is 4.39 Å². The number of ether oxygens (including phenoxy) is 1. The number of amides is 7. The Bertz CT molecular complexity index is 2720. The molecule has 3 aromatic rings. The SMILES string of the molecule is C/C=C\C(=O)N(C=O)CCCCCC(=O)NCC(=O)NCC(=O)N[C@@H](Cc1ccccc1)C(=O)NCC(=O)NC1CCc2c(C)c(F)cc3nc(/C(C)=C/C4=C(C(C)=O)COC(=O)C4CC)c(CC(C)CC)c1c23. The van der Waals surface area contributed by atoms with E-state index in [0.717, 1.165) is 39.0 Å². The molecule has 396 valence electrons. The number of unbranched alkanes of at least 4 members (excludes halogenated alkanes) is 2. The van der Waals surface area contributed by atoms with E-state index < -0.39 is 84.9 Å². The number of aromatic nitrogens is 1. The average Bonchev–Trinajstić information content (AvgIpc) is 3.37. The van der Waals surface area contributed by atoms with E-state index in [1.807, 2.05) is 19.9 Å². The van der Waals surface area contributed by atoms with Gasteiger partial charge in [-0.15, -0.1) is 0 Å². The molecule has 0 radical (unpaired) electrons. The molecule has 74 heavy (non-hydrogen) atoms. The molecule has 1 aromatic heterocycles. The van der Waals surface area contributed by atoms with Crippen molar-refractivity contribution in [3.8, 4) is 0 Å². The van der Waals surface area contributed by atoms with Crippen molar-refractivity contribution in [1.29, 1.82) is 0 Å². The minimum absolute atomic E-state index is 0.0627. The van der Waals surface area contributed by atoms with E-state index in [9.17, 15) is 43.2 Å². The zero-order valence-corrected chi connectivity index (χ0v) is 43.5. The Hall–Kier alpha value is -7.37. The van der Waals surface area contributed by atoms with E-state index in [4.69, 9.17) is 9.72 Å². The number of aryl methyl sites for hydroxylation is 1. The molecule has 0 fully saturated rings. The topological polar surface area (TPSA) is 239 Å². The summed E-state index contributed by atoms with van der Waals surface area (Å²) in [4.78, 5) is 121. The maximum Gasteiger partial charge on any atom is 0.313 e. The number of cyclic esters (lactones) is 1. The number of halogens is 1. The maximum atomic E-state index is 15.7. The van der Waals surface area contributed by atoms with E-state index in [-0.39, 0.29) is 37.7 Å². The second-order valence-corrected chi connectivity index (χ2v) is 19.0. The number of ketones is 1. The van der Waals surface area contributed by atoms with Crippen molar-refractivity contribution in [3.05, 3.63) is 105 Å². The van der Waals surface area contributed by atoms with Crippen LogP contribution in [0.3, 0.4) is 0 Å². The zero-order valence-electron chi connectivity index (χ0n) is 43.5. The lowest BCUT2D eigenvalue weighted by atomic mass is 9.78. The smallest absolute Gasteiger partial charge is 0.313 e. The molecule has 18 heteroatoms. The third-order valence-corrected chi connectivity index (χ3v) is 13.6. The summed E-state index contributed by atoms with van der Waals surface area (Å²) >= 11 is 0. The number of imide groups is 1. The predicted octanol–water partition coefficient (Wildman–Crippen LogP) is 5.44. The van der Waals surface area contributed by atoms with Gasteiger partial charge in [-0.2, -0.15) is 0 Å². The number of nitrogens with zero attached hydrogens (tertiary/aromatic N) is 2. The van der Waals surface area contributed by atoms with Crippen LogP contribution in [0, 0.1) is 24.6 Å². The van der Waals surface area contributed by atoms with E-state index in [1.165, 1.54) is 25.1 Å². The highest BCUT2D eigenvalue weighted by Gasteiger charge is 2.34. The molecule has 2 aliphatic rings. The van der Waals surface area contributed by atoms with Gasteiger partial charge < -0.3 is 31.3 Å². The Kier molecular flexibility index (Phi) is 21.5. The molecular weight excluding hydrogens is 950 g/mol.